The molecule has 0 aliphatic rings. The molecule has 26 heavy (non-hydrogen) atoms. The molecule has 2 aromatic carbocycles. The number of halogens is 1. The van der Waals surface area contributed by atoms with Crippen LogP contribution in [0.1, 0.15) is 11.1 Å². The van der Waals surface area contributed by atoms with E-state index in [0.717, 1.165) is 36.1 Å². The van der Waals surface area contributed by atoms with Crippen molar-refractivity contribution in [1.29, 1.82) is 0 Å². The second kappa shape index (κ2) is 7.14. The van der Waals surface area contributed by atoms with Crippen molar-refractivity contribution in [3.63, 3.8) is 0 Å². The Labute approximate surface area is 151 Å². The third kappa shape index (κ3) is 3.39. The van der Waals surface area contributed by atoms with Crippen LogP contribution < -0.4 is 5.32 Å². The monoisotopic (exact) mass is 348 g/mol. The summed E-state index contributed by atoms with van der Waals surface area (Å²) in [6.45, 7) is 1.62. The van der Waals surface area contributed by atoms with Crippen LogP contribution in [0.2, 0.25) is 0 Å². The normalized spacial score (nSPS) is 11.3. The third-order valence-electron chi connectivity index (χ3n) is 4.60. The van der Waals surface area contributed by atoms with Gasteiger partial charge in [-0.25, -0.2) is 9.07 Å². The molecular formula is C21H21FN4. The van der Waals surface area contributed by atoms with E-state index in [2.05, 4.69) is 22.8 Å². The van der Waals surface area contributed by atoms with Gasteiger partial charge >= 0.3 is 0 Å². The Bertz CT molecular complexity index is 1020. The van der Waals surface area contributed by atoms with Gasteiger partial charge < -0.3 is 9.88 Å². The number of rotatable bonds is 6. The van der Waals surface area contributed by atoms with Gasteiger partial charge in [-0.15, -0.1) is 0 Å². The molecule has 2 aromatic heterocycles. The molecule has 0 radical (unpaired) electrons. The van der Waals surface area contributed by atoms with E-state index in [1.165, 1.54) is 17.2 Å². The van der Waals surface area contributed by atoms with Crippen molar-refractivity contribution in [3.05, 3.63) is 84.1 Å². The standard InChI is InChI=1S/C21H21FN4/c1-25-15-17(20-8-7-18(22)11-21(20)25)13-23-10-9-16-12-24-26(14-16)19-5-3-2-4-6-19/h2-8,11-12,14-15,23H,9-10,13H2,1H3. The second-order valence-electron chi connectivity index (χ2n) is 6.48. The van der Waals surface area contributed by atoms with Crippen LogP contribution >= 0.6 is 0 Å². The van der Waals surface area contributed by atoms with E-state index in [9.17, 15) is 4.39 Å². The Hall–Kier alpha value is -2.92. The number of aryl methyl sites for hydroxylation is 1. The number of para-hydroxylation sites is 1. The van der Waals surface area contributed by atoms with Crippen LogP contribution in [0.25, 0.3) is 16.6 Å². The van der Waals surface area contributed by atoms with Crippen molar-refractivity contribution in [2.75, 3.05) is 6.54 Å². The van der Waals surface area contributed by atoms with Crippen molar-refractivity contribution in [2.24, 2.45) is 7.05 Å². The summed E-state index contributed by atoms with van der Waals surface area (Å²) in [5.41, 5.74) is 4.37. The minimum Gasteiger partial charge on any atom is -0.350 e. The fourth-order valence-electron chi connectivity index (χ4n) is 3.25. The highest BCUT2D eigenvalue weighted by Crippen LogP contribution is 2.21. The lowest BCUT2D eigenvalue weighted by molar-refractivity contribution is 0.629. The maximum Gasteiger partial charge on any atom is 0.125 e. The number of hydrogen-bond acceptors (Lipinski definition) is 2. The molecule has 4 rings (SSSR count). The van der Waals surface area contributed by atoms with Gasteiger partial charge in [-0.2, -0.15) is 5.10 Å². The summed E-state index contributed by atoms with van der Waals surface area (Å²) in [6.07, 6.45) is 6.95. The molecule has 4 aromatic rings. The minimum atomic E-state index is -0.200. The van der Waals surface area contributed by atoms with Crippen molar-refractivity contribution in [3.8, 4) is 5.69 Å². The quantitative estimate of drug-likeness (QED) is 0.537. The zero-order valence-electron chi connectivity index (χ0n) is 14.7. The molecule has 0 saturated heterocycles. The number of aromatic nitrogens is 3. The number of nitrogens with one attached hydrogen (secondary N) is 1. The van der Waals surface area contributed by atoms with E-state index in [4.69, 9.17) is 0 Å². The van der Waals surface area contributed by atoms with Gasteiger partial charge in [-0.1, -0.05) is 18.2 Å². The van der Waals surface area contributed by atoms with Gasteiger partial charge in [-0.3, -0.25) is 0 Å². The first-order valence-electron chi connectivity index (χ1n) is 8.74. The zero-order chi connectivity index (χ0) is 17.9. The van der Waals surface area contributed by atoms with Crippen LogP contribution in [0.4, 0.5) is 4.39 Å². The highest BCUT2D eigenvalue weighted by molar-refractivity contribution is 5.83. The SMILES string of the molecule is Cn1cc(CNCCc2cnn(-c3ccccc3)c2)c2ccc(F)cc21. The Kier molecular flexibility index (Phi) is 4.54. The highest BCUT2D eigenvalue weighted by atomic mass is 19.1. The largest absolute Gasteiger partial charge is 0.350 e. The molecule has 132 valence electrons. The van der Waals surface area contributed by atoms with Gasteiger partial charge in [0, 0.05) is 31.4 Å². The second-order valence-corrected chi connectivity index (χ2v) is 6.48. The van der Waals surface area contributed by atoms with Crippen molar-refractivity contribution in [2.45, 2.75) is 13.0 Å². The Morgan fingerprint density at radius 2 is 1.92 bits per heavy atom. The summed E-state index contributed by atoms with van der Waals surface area (Å²) in [5, 5.41) is 9.00. The zero-order valence-corrected chi connectivity index (χ0v) is 14.7. The van der Waals surface area contributed by atoms with E-state index in [1.807, 2.05) is 58.9 Å². The summed E-state index contributed by atoms with van der Waals surface area (Å²) in [6, 6.07) is 15.0. The molecule has 0 spiro atoms. The average Bonchev–Trinajstić information content (AvgIpc) is 3.25. The molecule has 4 nitrogen and oxygen atoms in total. The summed E-state index contributed by atoms with van der Waals surface area (Å²) >= 11 is 0. The average molecular weight is 348 g/mol. The van der Waals surface area contributed by atoms with Gasteiger partial charge in [-0.05, 0) is 54.4 Å². The van der Waals surface area contributed by atoms with Gasteiger partial charge in [0.25, 0.3) is 0 Å². The van der Waals surface area contributed by atoms with Crippen LogP contribution in [0.5, 0.6) is 0 Å². The molecule has 0 aliphatic heterocycles. The summed E-state index contributed by atoms with van der Waals surface area (Å²) < 4.78 is 17.3. The van der Waals surface area contributed by atoms with Gasteiger partial charge in [0.05, 0.1) is 17.4 Å². The molecule has 0 fully saturated rings. The first kappa shape index (κ1) is 16.5. The fourth-order valence-corrected chi connectivity index (χ4v) is 3.25. The van der Waals surface area contributed by atoms with Crippen molar-refractivity contribution < 1.29 is 4.39 Å². The number of benzene rings is 2. The van der Waals surface area contributed by atoms with Crippen LogP contribution in [0, 0.1) is 5.82 Å². The summed E-state index contributed by atoms with van der Waals surface area (Å²) in [7, 11) is 1.95. The maximum atomic E-state index is 13.4. The van der Waals surface area contributed by atoms with Crippen LogP contribution in [-0.2, 0) is 20.0 Å². The number of nitrogens with zero attached hydrogens (tertiary/aromatic N) is 3. The third-order valence-corrected chi connectivity index (χ3v) is 4.60. The topological polar surface area (TPSA) is 34.8 Å². The number of hydrogen-bond donors (Lipinski definition) is 1. The van der Waals surface area contributed by atoms with E-state index < -0.39 is 0 Å². The molecular weight excluding hydrogens is 327 g/mol. The van der Waals surface area contributed by atoms with Crippen molar-refractivity contribution in [1.82, 2.24) is 19.7 Å². The van der Waals surface area contributed by atoms with Gasteiger partial charge in [0.1, 0.15) is 5.82 Å². The molecule has 2 heterocycles. The summed E-state index contributed by atoms with van der Waals surface area (Å²) in [5.74, 6) is -0.200. The number of fused-ring (bicyclic) bond motifs is 1. The van der Waals surface area contributed by atoms with Crippen LogP contribution in [-0.4, -0.2) is 20.9 Å². The predicted molar refractivity (Wildman–Crippen MR) is 102 cm³/mol. The van der Waals surface area contributed by atoms with E-state index in [0.29, 0.717) is 0 Å². The van der Waals surface area contributed by atoms with E-state index >= 15 is 0 Å². The smallest absolute Gasteiger partial charge is 0.125 e. The van der Waals surface area contributed by atoms with E-state index in [1.54, 1.807) is 6.07 Å². The van der Waals surface area contributed by atoms with Gasteiger partial charge in [0.15, 0.2) is 0 Å². The maximum absolute atomic E-state index is 13.4. The molecule has 0 unspecified atom stereocenters. The molecule has 1 N–H and O–H groups in total. The molecule has 5 heteroatoms. The Morgan fingerprint density at radius 1 is 1.08 bits per heavy atom. The lowest BCUT2D eigenvalue weighted by atomic mass is 10.1. The Balaban J connectivity index is 1.36. The summed E-state index contributed by atoms with van der Waals surface area (Å²) in [4.78, 5) is 0. The highest BCUT2D eigenvalue weighted by Gasteiger charge is 2.07. The molecule has 0 aliphatic carbocycles. The lowest BCUT2D eigenvalue weighted by Crippen LogP contribution is -2.16. The van der Waals surface area contributed by atoms with Gasteiger partial charge in [0.2, 0.25) is 0 Å². The molecule has 0 atom stereocenters. The predicted octanol–water partition coefficient (Wildman–Crippen LogP) is 3.84. The van der Waals surface area contributed by atoms with Crippen LogP contribution in [0.3, 0.4) is 0 Å². The fraction of sp³-hybridized carbons (Fsp3) is 0.190. The molecule has 0 amide bonds. The Morgan fingerprint density at radius 3 is 2.77 bits per heavy atom. The first-order chi connectivity index (χ1) is 12.7. The molecule has 0 saturated carbocycles. The lowest BCUT2D eigenvalue weighted by Gasteiger charge is -2.03. The molecule has 0 bridgehead atoms. The first-order valence-corrected chi connectivity index (χ1v) is 8.74. The van der Waals surface area contributed by atoms with E-state index in [-0.39, 0.29) is 5.82 Å². The van der Waals surface area contributed by atoms with Crippen molar-refractivity contribution >= 4 is 10.9 Å². The van der Waals surface area contributed by atoms with Crippen LogP contribution in [0.15, 0.2) is 67.1 Å². The minimum absolute atomic E-state index is 0.200.